The summed E-state index contributed by atoms with van der Waals surface area (Å²) < 4.78 is 17.8. The summed E-state index contributed by atoms with van der Waals surface area (Å²) in [6.45, 7) is 0. The first-order valence-corrected chi connectivity index (χ1v) is 9.66. The predicted molar refractivity (Wildman–Crippen MR) is 114 cm³/mol. The zero-order valence-electron chi connectivity index (χ0n) is 17.7. The lowest BCUT2D eigenvalue weighted by molar-refractivity contribution is -0.121. The van der Waals surface area contributed by atoms with Crippen molar-refractivity contribution in [2.24, 2.45) is 7.05 Å². The van der Waals surface area contributed by atoms with Crippen molar-refractivity contribution in [3.8, 4) is 17.2 Å². The fourth-order valence-corrected chi connectivity index (χ4v) is 3.25. The minimum Gasteiger partial charge on any atom is -0.497 e. The van der Waals surface area contributed by atoms with Crippen molar-refractivity contribution < 1.29 is 19.0 Å². The molecule has 0 fully saturated rings. The second kappa shape index (κ2) is 9.82. The lowest BCUT2D eigenvalue weighted by Crippen LogP contribution is -2.31. The summed E-state index contributed by atoms with van der Waals surface area (Å²) in [5.74, 6) is 2.86. The van der Waals surface area contributed by atoms with E-state index in [1.807, 2.05) is 60.3 Å². The Bertz CT molecular complexity index is 960. The molecule has 0 saturated carbocycles. The maximum Gasteiger partial charge on any atom is 0.221 e. The highest BCUT2D eigenvalue weighted by atomic mass is 16.5. The van der Waals surface area contributed by atoms with Crippen LogP contribution >= 0.6 is 0 Å². The van der Waals surface area contributed by atoms with Crippen LogP contribution in [0.3, 0.4) is 0 Å². The number of rotatable bonds is 9. The second-order valence-corrected chi connectivity index (χ2v) is 6.89. The molecule has 0 saturated heterocycles. The predicted octanol–water partition coefficient (Wildman–Crippen LogP) is 3.28. The van der Waals surface area contributed by atoms with Crippen molar-refractivity contribution >= 4 is 5.91 Å². The number of hydrogen-bond donors (Lipinski definition) is 1. The van der Waals surface area contributed by atoms with E-state index in [4.69, 9.17) is 14.2 Å². The molecule has 158 valence electrons. The van der Waals surface area contributed by atoms with E-state index in [0.29, 0.717) is 24.3 Å². The Hall–Kier alpha value is -3.48. The molecule has 1 amide bonds. The maximum atomic E-state index is 12.8. The fourth-order valence-electron chi connectivity index (χ4n) is 3.25. The molecular weight excluding hydrogens is 382 g/mol. The van der Waals surface area contributed by atoms with Crippen LogP contribution in [-0.2, 0) is 18.3 Å². The van der Waals surface area contributed by atoms with Gasteiger partial charge in [0.25, 0.3) is 0 Å². The number of hydrogen-bond acceptors (Lipinski definition) is 5. The van der Waals surface area contributed by atoms with Crippen LogP contribution in [0.2, 0.25) is 0 Å². The number of aromatic nitrogens is 2. The SMILES string of the molecule is COc1ccc(C(NC(=O)CCc2cc(OC)cc(OC)c2)c2nccn2C)cc1. The van der Waals surface area contributed by atoms with Crippen LogP contribution in [0, 0.1) is 0 Å². The van der Waals surface area contributed by atoms with Gasteiger partial charge in [-0.25, -0.2) is 4.98 Å². The van der Waals surface area contributed by atoms with Gasteiger partial charge in [-0.1, -0.05) is 12.1 Å². The Labute approximate surface area is 176 Å². The first kappa shape index (κ1) is 21.2. The molecule has 7 heteroatoms. The van der Waals surface area contributed by atoms with Crippen LogP contribution in [0.4, 0.5) is 0 Å². The molecule has 0 aliphatic rings. The largest absolute Gasteiger partial charge is 0.497 e. The number of methoxy groups -OCH3 is 3. The fraction of sp³-hybridized carbons (Fsp3) is 0.304. The average molecular weight is 409 g/mol. The van der Waals surface area contributed by atoms with Crippen LogP contribution in [0.1, 0.15) is 29.4 Å². The van der Waals surface area contributed by atoms with Gasteiger partial charge in [-0.15, -0.1) is 0 Å². The molecule has 30 heavy (non-hydrogen) atoms. The van der Waals surface area contributed by atoms with Crippen molar-refractivity contribution in [2.75, 3.05) is 21.3 Å². The monoisotopic (exact) mass is 409 g/mol. The summed E-state index contributed by atoms with van der Waals surface area (Å²) in [5, 5.41) is 3.12. The number of ether oxygens (including phenoxy) is 3. The molecule has 3 rings (SSSR count). The minimum atomic E-state index is -0.358. The van der Waals surface area contributed by atoms with E-state index >= 15 is 0 Å². The standard InChI is InChI=1S/C23H27N3O4/c1-26-12-11-24-23(26)22(17-6-8-18(28-2)9-7-17)25-21(27)10-5-16-13-19(29-3)15-20(14-16)30-4/h6-9,11-15,22H,5,10H2,1-4H3,(H,25,27). The van der Waals surface area contributed by atoms with Gasteiger partial charge in [-0.05, 0) is 41.8 Å². The number of amides is 1. The summed E-state index contributed by atoms with van der Waals surface area (Å²) in [6, 6.07) is 12.9. The Morgan fingerprint density at radius 1 is 1.00 bits per heavy atom. The molecule has 1 heterocycles. The first-order valence-electron chi connectivity index (χ1n) is 9.66. The zero-order valence-corrected chi connectivity index (χ0v) is 17.7. The quantitative estimate of drug-likeness (QED) is 0.587. The summed E-state index contributed by atoms with van der Waals surface area (Å²) >= 11 is 0. The van der Waals surface area contributed by atoms with Gasteiger partial charge in [0.2, 0.25) is 5.91 Å². The number of imidazole rings is 1. The van der Waals surface area contributed by atoms with Crippen molar-refractivity contribution in [1.29, 1.82) is 0 Å². The zero-order chi connectivity index (χ0) is 21.5. The Balaban J connectivity index is 1.74. The topological polar surface area (TPSA) is 74.6 Å². The Kier molecular flexibility index (Phi) is 6.95. The molecule has 1 atom stereocenters. The van der Waals surface area contributed by atoms with Crippen molar-refractivity contribution in [1.82, 2.24) is 14.9 Å². The average Bonchev–Trinajstić information content (AvgIpc) is 3.21. The third-order valence-electron chi connectivity index (χ3n) is 4.92. The van der Waals surface area contributed by atoms with Crippen molar-refractivity contribution in [3.05, 3.63) is 71.8 Å². The molecule has 1 N–H and O–H groups in total. The third-order valence-corrected chi connectivity index (χ3v) is 4.92. The number of aryl methyl sites for hydroxylation is 2. The van der Waals surface area contributed by atoms with E-state index in [0.717, 1.165) is 22.7 Å². The summed E-state index contributed by atoms with van der Waals surface area (Å²) in [6.07, 6.45) is 4.48. The highest BCUT2D eigenvalue weighted by Gasteiger charge is 2.21. The lowest BCUT2D eigenvalue weighted by Gasteiger charge is -2.19. The molecule has 0 aliphatic heterocycles. The van der Waals surface area contributed by atoms with Crippen molar-refractivity contribution in [3.63, 3.8) is 0 Å². The summed E-state index contributed by atoms with van der Waals surface area (Å²) in [4.78, 5) is 17.2. The van der Waals surface area contributed by atoms with Crippen molar-refractivity contribution in [2.45, 2.75) is 18.9 Å². The van der Waals surface area contributed by atoms with Gasteiger partial charge >= 0.3 is 0 Å². The van der Waals surface area contributed by atoms with Crippen LogP contribution in [0.15, 0.2) is 54.9 Å². The van der Waals surface area contributed by atoms with Crippen LogP contribution in [0.5, 0.6) is 17.2 Å². The maximum absolute atomic E-state index is 12.8. The number of nitrogens with zero attached hydrogens (tertiary/aromatic N) is 2. The number of benzene rings is 2. The Morgan fingerprint density at radius 2 is 1.63 bits per heavy atom. The highest BCUT2D eigenvalue weighted by molar-refractivity contribution is 5.77. The van der Waals surface area contributed by atoms with E-state index in [9.17, 15) is 4.79 Å². The molecule has 0 aliphatic carbocycles. The van der Waals surface area contributed by atoms with Gasteiger partial charge < -0.3 is 24.1 Å². The molecule has 1 aromatic heterocycles. The molecule has 0 radical (unpaired) electrons. The van der Waals surface area contributed by atoms with E-state index in [-0.39, 0.29) is 11.9 Å². The highest BCUT2D eigenvalue weighted by Crippen LogP contribution is 2.25. The lowest BCUT2D eigenvalue weighted by atomic mass is 10.0. The minimum absolute atomic E-state index is 0.0689. The van der Waals surface area contributed by atoms with Crippen LogP contribution in [0.25, 0.3) is 0 Å². The number of carbonyl (C=O) groups excluding carboxylic acids is 1. The van der Waals surface area contributed by atoms with Gasteiger partial charge in [0.05, 0.1) is 21.3 Å². The van der Waals surface area contributed by atoms with Gasteiger partial charge in [0, 0.05) is 31.9 Å². The molecule has 2 aromatic carbocycles. The number of nitrogens with one attached hydrogen (secondary N) is 1. The summed E-state index contributed by atoms with van der Waals surface area (Å²) in [5.41, 5.74) is 1.90. The number of carbonyl (C=O) groups is 1. The van der Waals surface area contributed by atoms with E-state index in [2.05, 4.69) is 10.3 Å². The van der Waals surface area contributed by atoms with E-state index < -0.39 is 0 Å². The van der Waals surface area contributed by atoms with Gasteiger partial charge in [-0.2, -0.15) is 0 Å². The van der Waals surface area contributed by atoms with E-state index in [1.54, 1.807) is 27.5 Å². The molecule has 0 bridgehead atoms. The second-order valence-electron chi connectivity index (χ2n) is 6.89. The molecular formula is C23H27N3O4. The molecule has 0 spiro atoms. The molecule has 3 aromatic rings. The van der Waals surface area contributed by atoms with Crippen LogP contribution in [-0.4, -0.2) is 36.8 Å². The molecule has 1 unspecified atom stereocenters. The normalized spacial score (nSPS) is 11.6. The van der Waals surface area contributed by atoms with Gasteiger partial charge in [0.1, 0.15) is 29.1 Å². The van der Waals surface area contributed by atoms with E-state index in [1.165, 1.54) is 0 Å². The van der Waals surface area contributed by atoms with Gasteiger partial charge in [-0.3, -0.25) is 4.79 Å². The van der Waals surface area contributed by atoms with Gasteiger partial charge in [0.15, 0.2) is 0 Å². The van der Waals surface area contributed by atoms with Crippen LogP contribution < -0.4 is 19.5 Å². The first-order chi connectivity index (χ1) is 14.5. The smallest absolute Gasteiger partial charge is 0.221 e. The summed E-state index contributed by atoms with van der Waals surface area (Å²) in [7, 11) is 6.75. The Morgan fingerprint density at radius 3 is 2.17 bits per heavy atom. The third kappa shape index (κ3) is 5.11. The molecule has 7 nitrogen and oxygen atoms in total.